The van der Waals surface area contributed by atoms with E-state index in [4.69, 9.17) is 14.2 Å². The second kappa shape index (κ2) is 11.2. The molecule has 1 N–H and O–H groups in total. The number of unbranched alkanes of at least 4 members (excludes halogenated alkanes) is 1. The third kappa shape index (κ3) is 7.47. The summed E-state index contributed by atoms with van der Waals surface area (Å²) in [6, 6.07) is 17.2. The number of ether oxygens (including phenoxy) is 3. The molecule has 0 aliphatic carbocycles. The van der Waals surface area contributed by atoms with Gasteiger partial charge in [0.15, 0.2) is 0 Å². The molecule has 0 bridgehead atoms. The Hall–Kier alpha value is -2.57. The molecule has 1 aliphatic rings. The highest BCUT2D eigenvalue weighted by Crippen LogP contribution is 2.37. The molecule has 2 aromatic rings. The molecular formula is C28H39NO5. The maximum Gasteiger partial charge on any atom is 0.412 e. The van der Waals surface area contributed by atoms with Gasteiger partial charge in [0.25, 0.3) is 0 Å². The van der Waals surface area contributed by atoms with Gasteiger partial charge in [0.05, 0.1) is 18.8 Å². The van der Waals surface area contributed by atoms with Gasteiger partial charge >= 0.3 is 6.09 Å². The average molecular weight is 470 g/mol. The van der Waals surface area contributed by atoms with Crippen molar-refractivity contribution in [3.8, 4) is 5.75 Å². The number of benzene rings is 2. The Kier molecular flexibility index (Phi) is 8.61. The Bertz CT molecular complexity index is 905. The van der Waals surface area contributed by atoms with Crippen LogP contribution in [-0.2, 0) is 27.2 Å². The highest BCUT2D eigenvalue weighted by atomic mass is 16.6. The number of rotatable bonds is 9. The van der Waals surface area contributed by atoms with Crippen molar-refractivity contribution in [3.63, 3.8) is 0 Å². The summed E-state index contributed by atoms with van der Waals surface area (Å²) in [5, 5.41) is 9.38. The molecule has 6 nitrogen and oxygen atoms in total. The van der Waals surface area contributed by atoms with Crippen LogP contribution in [0.3, 0.4) is 0 Å². The molecule has 0 radical (unpaired) electrons. The van der Waals surface area contributed by atoms with Crippen molar-refractivity contribution in [3.05, 3.63) is 65.7 Å². The van der Waals surface area contributed by atoms with Gasteiger partial charge in [-0.05, 0) is 83.6 Å². The molecule has 1 saturated heterocycles. The van der Waals surface area contributed by atoms with Crippen molar-refractivity contribution in [2.45, 2.75) is 90.4 Å². The van der Waals surface area contributed by atoms with Crippen molar-refractivity contribution in [2.75, 3.05) is 6.61 Å². The number of phenols is 1. The molecule has 0 spiro atoms. The van der Waals surface area contributed by atoms with Crippen LogP contribution in [0.15, 0.2) is 54.6 Å². The molecule has 0 saturated carbocycles. The van der Waals surface area contributed by atoms with Crippen LogP contribution in [0.1, 0.15) is 65.0 Å². The molecule has 1 heterocycles. The SMILES string of the molecule is CC(C)(C)OC(=O)N1[C@@H](Cc2ccccc2)[C@@H](CCCCOCc2ccc(O)cc2)OC1(C)C. The second-order valence-electron chi connectivity index (χ2n) is 10.4. The average Bonchev–Trinajstić information content (AvgIpc) is 3.00. The van der Waals surface area contributed by atoms with Crippen molar-refractivity contribution in [1.29, 1.82) is 0 Å². The Morgan fingerprint density at radius 1 is 1.03 bits per heavy atom. The fourth-order valence-corrected chi connectivity index (χ4v) is 4.40. The maximum atomic E-state index is 13.2. The number of hydrogen-bond donors (Lipinski definition) is 1. The number of aromatic hydroxyl groups is 1. The van der Waals surface area contributed by atoms with E-state index in [9.17, 15) is 9.90 Å². The lowest BCUT2D eigenvalue weighted by Gasteiger charge is -2.35. The predicted molar refractivity (Wildman–Crippen MR) is 133 cm³/mol. The molecular weight excluding hydrogens is 430 g/mol. The van der Waals surface area contributed by atoms with Crippen LogP contribution >= 0.6 is 0 Å². The van der Waals surface area contributed by atoms with E-state index in [-0.39, 0.29) is 24.0 Å². The summed E-state index contributed by atoms with van der Waals surface area (Å²) in [5.41, 5.74) is 0.887. The van der Waals surface area contributed by atoms with Crippen LogP contribution in [0.5, 0.6) is 5.75 Å². The molecule has 2 aromatic carbocycles. The van der Waals surface area contributed by atoms with Crippen LogP contribution in [-0.4, -0.2) is 46.2 Å². The zero-order valence-corrected chi connectivity index (χ0v) is 21.1. The highest BCUT2D eigenvalue weighted by molar-refractivity contribution is 5.70. The van der Waals surface area contributed by atoms with Crippen molar-refractivity contribution in [2.24, 2.45) is 0 Å². The molecule has 186 valence electrons. The smallest absolute Gasteiger partial charge is 0.412 e. The molecule has 1 amide bonds. The van der Waals surface area contributed by atoms with E-state index in [1.54, 1.807) is 17.0 Å². The van der Waals surface area contributed by atoms with Gasteiger partial charge in [-0.3, -0.25) is 4.90 Å². The van der Waals surface area contributed by atoms with E-state index in [1.807, 2.05) is 65.0 Å². The minimum atomic E-state index is -0.748. The minimum Gasteiger partial charge on any atom is -0.508 e. The van der Waals surface area contributed by atoms with Crippen LogP contribution < -0.4 is 0 Å². The van der Waals surface area contributed by atoms with Crippen molar-refractivity contribution in [1.82, 2.24) is 4.90 Å². The number of phenolic OH excluding ortho intramolecular Hbond substituents is 1. The van der Waals surface area contributed by atoms with E-state index in [0.717, 1.165) is 24.8 Å². The first-order chi connectivity index (χ1) is 16.0. The van der Waals surface area contributed by atoms with Gasteiger partial charge in [0, 0.05) is 6.61 Å². The highest BCUT2D eigenvalue weighted by Gasteiger charge is 2.50. The van der Waals surface area contributed by atoms with E-state index in [1.165, 1.54) is 5.56 Å². The van der Waals surface area contributed by atoms with Gasteiger partial charge in [0.1, 0.15) is 17.1 Å². The first kappa shape index (κ1) is 26.0. The molecule has 3 rings (SSSR count). The monoisotopic (exact) mass is 469 g/mol. The normalized spacial score (nSPS) is 19.9. The summed E-state index contributed by atoms with van der Waals surface area (Å²) in [6.45, 7) is 10.7. The largest absolute Gasteiger partial charge is 0.508 e. The first-order valence-corrected chi connectivity index (χ1v) is 12.1. The van der Waals surface area contributed by atoms with E-state index < -0.39 is 11.3 Å². The molecule has 6 heteroatoms. The number of hydrogen-bond acceptors (Lipinski definition) is 5. The standard InChI is InChI=1S/C28H39NO5/c1-27(2,3)34-26(31)29-24(19-21-11-7-6-8-12-21)25(33-28(29,4)5)13-9-10-18-32-20-22-14-16-23(30)17-15-22/h6-8,11-12,14-17,24-25,30H,9-10,13,18-20H2,1-5H3/t24-,25+/m0/s1. The lowest BCUT2D eigenvalue weighted by Crippen LogP contribution is -2.51. The summed E-state index contributed by atoms with van der Waals surface area (Å²) in [7, 11) is 0. The molecule has 2 atom stereocenters. The molecule has 0 aromatic heterocycles. The number of carbonyl (C=O) groups excluding carboxylic acids is 1. The van der Waals surface area contributed by atoms with Crippen LogP contribution in [0, 0.1) is 0 Å². The third-order valence-corrected chi connectivity index (χ3v) is 5.89. The first-order valence-electron chi connectivity index (χ1n) is 12.1. The Morgan fingerprint density at radius 3 is 2.35 bits per heavy atom. The van der Waals surface area contributed by atoms with Gasteiger partial charge in [-0.25, -0.2) is 4.79 Å². The van der Waals surface area contributed by atoms with Gasteiger partial charge < -0.3 is 19.3 Å². The predicted octanol–water partition coefficient (Wildman–Crippen LogP) is 6.06. The summed E-state index contributed by atoms with van der Waals surface area (Å²) >= 11 is 0. The van der Waals surface area contributed by atoms with Crippen molar-refractivity contribution < 1.29 is 24.1 Å². The van der Waals surface area contributed by atoms with Gasteiger partial charge in [-0.2, -0.15) is 0 Å². The quantitative estimate of drug-likeness (QED) is 0.452. The molecule has 0 unspecified atom stereocenters. The van der Waals surface area contributed by atoms with Crippen molar-refractivity contribution >= 4 is 6.09 Å². The summed E-state index contributed by atoms with van der Waals surface area (Å²) < 4.78 is 18.0. The Morgan fingerprint density at radius 2 is 1.71 bits per heavy atom. The van der Waals surface area contributed by atoms with E-state index >= 15 is 0 Å². The Balaban J connectivity index is 1.59. The lowest BCUT2D eigenvalue weighted by molar-refractivity contribution is -0.0802. The molecule has 1 fully saturated rings. The van der Waals surface area contributed by atoms with Crippen LogP contribution in [0.2, 0.25) is 0 Å². The number of carbonyl (C=O) groups is 1. The van der Waals surface area contributed by atoms with Crippen LogP contribution in [0.4, 0.5) is 4.79 Å². The summed E-state index contributed by atoms with van der Waals surface area (Å²) in [6.07, 6.45) is 2.97. The van der Waals surface area contributed by atoms with Gasteiger partial charge in [-0.15, -0.1) is 0 Å². The molecule has 34 heavy (non-hydrogen) atoms. The minimum absolute atomic E-state index is 0.0835. The summed E-state index contributed by atoms with van der Waals surface area (Å²) in [5.74, 6) is 0.258. The molecule has 1 aliphatic heterocycles. The maximum absolute atomic E-state index is 13.2. The fraction of sp³-hybridized carbons (Fsp3) is 0.536. The fourth-order valence-electron chi connectivity index (χ4n) is 4.40. The topological polar surface area (TPSA) is 68.2 Å². The van der Waals surface area contributed by atoms with E-state index in [2.05, 4.69) is 12.1 Å². The Labute approximate surface area is 203 Å². The number of amides is 1. The van der Waals surface area contributed by atoms with E-state index in [0.29, 0.717) is 19.6 Å². The van der Waals surface area contributed by atoms with Gasteiger partial charge in [-0.1, -0.05) is 42.5 Å². The lowest BCUT2D eigenvalue weighted by atomic mass is 9.97. The zero-order valence-electron chi connectivity index (χ0n) is 21.1. The summed E-state index contributed by atoms with van der Waals surface area (Å²) in [4.78, 5) is 15.0. The number of nitrogens with zero attached hydrogens (tertiary/aromatic N) is 1. The zero-order chi connectivity index (χ0) is 24.8. The van der Waals surface area contributed by atoms with Crippen LogP contribution in [0.25, 0.3) is 0 Å². The third-order valence-electron chi connectivity index (χ3n) is 5.89. The van der Waals surface area contributed by atoms with Gasteiger partial charge in [0.2, 0.25) is 0 Å². The second-order valence-corrected chi connectivity index (χ2v) is 10.4.